The van der Waals surface area contributed by atoms with Crippen molar-refractivity contribution >= 4 is 17.9 Å². The molecule has 0 rings (SSSR count). The summed E-state index contributed by atoms with van der Waals surface area (Å²) < 4.78 is 17.0. The van der Waals surface area contributed by atoms with Crippen molar-refractivity contribution in [3.63, 3.8) is 0 Å². The van der Waals surface area contributed by atoms with Crippen LogP contribution in [0, 0.1) is 0 Å². The van der Waals surface area contributed by atoms with Gasteiger partial charge in [-0.15, -0.1) is 0 Å². The van der Waals surface area contributed by atoms with Crippen LogP contribution in [0.4, 0.5) is 0 Å². The standard InChI is InChI=1S/C73H142O6/c1-4-7-10-13-16-19-22-25-28-29-30-31-32-33-34-35-36-37-38-39-40-41-42-43-44-45-46-49-51-54-57-60-63-66-72(75)78-69-70(79-73(76)67-64-61-58-55-52-48-27-24-21-18-15-12-9-6-3)68-77-71(74)65-62-59-56-53-50-47-26-23-20-17-14-11-8-5-2/h70H,4-69H2,1-3H3. The lowest BCUT2D eigenvalue weighted by atomic mass is 10.0. The van der Waals surface area contributed by atoms with E-state index in [0.717, 1.165) is 57.8 Å². The number of carbonyl (C=O) groups excluding carboxylic acids is 3. The lowest BCUT2D eigenvalue weighted by Crippen LogP contribution is -2.30. The summed E-state index contributed by atoms with van der Waals surface area (Å²) in [5, 5.41) is 0. The fourth-order valence-electron chi connectivity index (χ4n) is 11.6. The third-order valence-electron chi connectivity index (χ3n) is 17.1. The minimum absolute atomic E-state index is 0.0604. The van der Waals surface area contributed by atoms with Crippen LogP contribution in [0.3, 0.4) is 0 Å². The minimum Gasteiger partial charge on any atom is -0.462 e. The molecule has 0 N–H and O–H groups in total. The Bertz CT molecular complexity index is 1190. The summed E-state index contributed by atoms with van der Waals surface area (Å²) >= 11 is 0. The number of rotatable bonds is 69. The Balaban J connectivity index is 4.03. The molecular weight excluding hydrogens is 973 g/mol. The molecular formula is C73H142O6. The number of unbranched alkanes of at least 4 members (excludes halogenated alkanes) is 58. The van der Waals surface area contributed by atoms with E-state index in [1.165, 1.54) is 334 Å². The average molecular weight is 1120 g/mol. The molecule has 0 aliphatic rings. The summed E-state index contributed by atoms with van der Waals surface area (Å²) in [6, 6.07) is 0. The van der Waals surface area contributed by atoms with Gasteiger partial charge in [0, 0.05) is 19.3 Å². The second-order valence-electron chi connectivity index (χ2n) is 25.2. The topological polar surface area (TPSA) is 78.9 Å². The molecule has 0 radical (unpaired) electrons. The van der Waals surface area contributed by atoms with Gasteiger partial charge < -0.3 is 14.2 Å². The van der Waals surface area contributed by atoms with E-state index in [1.807, 2.05) is 0 Å². The average Bonchev–Trinajstić information content (AvgIpc) is 3.45. The van der Waals surface area contributed by atoms with Gasteiger partial charge in [-0.2, -0.15) is 0 Å². The second-order valence-corrected chi connectivity index (χ2v) is 25.2. The number of ether oxygens (including phenoxy) is 3. The highest BCUT2D eigenvalue weighted by atomic mass is 16.6. The van der Waals surface area contributed by atoms with Gasteiger partial charge in [0.25, 0.3) is 0 Å². The molecule has 79 heavy (non-hydrogen) atoms. The van der Waals surface area contributed by atoms with Crippen molar-refractivity contribution < 1.29 is 28.6 Å². The first-order chi connectivity index (χ1) is 39.0. The molecule has 0 bridgehead atoms. The number of esters is 3. The van der Waals surface area contributed by atoms with E-state index >= 15 is 0 Å². The van der Waals surface area contributed by atoms with E-state index in [2.05, 4.69) is 20.8 Å². The summed E-state index contributed by atoms with van der Waals surface area (Å²) in [5.41, 5.74) is 0. The summed E-state index contributed by atoms with van der Waals surface area (Å²) in [6.45, 7) is 6.73. The van der Waals surface area contributed by atoms with Gasteiger partial charge in [0.2, 0.25) is 0 Å². The molecule has 6 nitrogen and oxygen atoms in total. The summed E-state index contributed by atoms with van der Waals surface area (Å²) in [6.07, 6.45) is 81.6. The van der Waals surface area contributed by atoms with Crippen molar-refractivity contribution in [2.75, 3.05) is 13.2 Å². The molecule has 0 aromatic rings. The van der Waals surface area contributed by atoms with Gasteiger partial charge in [-0.25, -0.2) is 0 Å². The highest BCUT2D eigenvalue weighted by molar-refractivity contribution is 5.71. The summed E-state index contributed by atoms with van der Waals surface area (Å²) in [5.74, 6) is -0.822. The van der Waals surface area contributed by atoms with Crippen molar-refractivity contribution in [1.82, 2.24) is 0 Å². The zero-order chi connectivity index (χ0) is 57.1. The quantitative estimate of drug-likeness (QED) is 0.0343. The van der Waals surface area contributed by atoms with Gasteiger partial charge in [-0.3, -0.25) is 14.4 Å². The van der Waals surface area contributed by atoms with Crippen molar-refractivity contribution in [2.45, 2.75) is 438 Å². The van der Waals surface area contributed by atoms with E-state index < -0.39 is 6.10 Å². The Morgan fingerprint density at radius 2 is 0.342 bits per heavy atom. The van der Waals surface area contributed by atoms with Crippen LogP contribution in [0.25, 0.3) is 0 Å². The van der Waals surface area contributed by atoms with Crippen LogP contribution in [0.5, 0.6) is 0 Å². The molecule has 0 aromatic heterocycles. The van der Waals surface area contributed by atoms with Crippen molar-refractivity contribution in [2.24, 2.45) is 0 Å². The monoisotopic (exact) mass is 1120 g/mol. The zero-order valence-corrected chi connectivity index (χ0v) is 54.2. The summed E-state index contributed by atoms with van der Waals surface area (Å²) in [7, 11) is 0. The summed E-state index contributed by atoms with van der Waals surface area (Å²) in [4.78, 5) is 38.3. The van der Waals surface area contributed by atoms with Crippen LogP contribution in [-0.4, -0.2) is 37.2 Å². The zero-order valence-electron chi connectivity index (χ0n) is 54.2. The Morgan fingerprint density at radius 1 is 0.203 bits per heavy atom. The fourth-order valence-corrected chi connectivity index (χ4v) is 11.6. The lowest BCUT2D eigenvalue weighted by Gasteiger charge is -2.18. The van der Waals surface area contributed by atoms with Gasteiger partial charge in [-0.1, -0.05) is 393 Å². The fraction of sp³-hybridized carbons (Fsp3) is 0.959. The lowest BCUT2D eigenvalue weighted by molar-refractivity contribution is -0.167. The molecule has 0 saturated carbocycles. The largest absolute Gasteiger partial charge is 0.462 e. The maximum Gasteiger partial charge on any atom is 0.306 e. The van der Waals surface area contributed by atoms with Crippen LogP contribution in [0.15, 0.2) is 0 Å². The minimum atomic E-state index is -0.763. The number of carbonyl (C=O) groups is 3. The van der Waals surface area contributed by atoms with Crippen molar-refractivity contribution in [1.29, 1.82) is 0 Å². The van der Waals surface area contributed by atoms with Crippen LogP contribution >= 0.6 is 0 Å². The van der Waals surface area contributed by atoms with E-state index in [-0.39, 0.29) is 31.1 Å². The third-order valence-corrected chi connectivity index (χ3v) is 17.1. The van der Waals surface area contributed by atoms with Crippen LogP contribution in [-0.2, 0) is 28.6 Å². The van der Waals surface area contributed by atoms with Gasteiger partial charge in [0.05, 0.1) is 0 Å². The highest BCUT2D eigenvalue weighted by Gasteiger charge is 2.20. The molecule has 0 heterocycles. The molecule has 0 amide bonds. The Morgan fingerprint density at radius 3 is 0.506 bits per heavy atom. The maximum atomic E-state index is 12.9. The normalized spacial score (nSPS) is 11.9. The molecule has 0 spiro atoms. The second kappa shape index (κ2) is 68.9. The van der Waals surface area contributed by atoms with Crippen LogP contribution in [0.2, 0.25) is 0 Å². The SMILES string of the molecule is CCCCCCCCCCCCCCCCCCCCCCCCCCCCCCCCCCCC(=O)OCC(COC(=O)CCCCCCCCCCCCCCCC)OC(=O)CCCCCCCCCCCCCCCC. The smallest absolute Gasteiger partial charge is 0.306 e. The Hall–Kier alpha value is -1.59. The van der Waals surface area contributed by atoms with Gasteiger partial charge in [0.15, 0.2) is 6.10 Å². The van der Waals surface area contributed by atoms with Gasteiger partial charge in [0.1, 0.15) is 13.2 Å². The van der Waals surface area contributed by atoms with E-state index in [4.69, 9.17) is 14.2 Å². The predicted molar refractivity (Wildman–Crippen MR) is 344 cm³/mol. The maximum absolute atomic E-state index is 12.9. The van der Waals surface area contributed by atoms with Crippen molar-refractivity contribution in [3.8, 4) is 0 Å². The molecule has 470 valence electrons. The Labute approximate surface area is 495 Å². The predicted octanol–water partition coefficient (Wildman–Crippen LogP) is 25.0. The molecule has 0 aliphatic heterocycles. The molecule has 0 saturated heterocycles. The molecule has 0 aromatic carbocycles. The van der Waals surface area contributed by atoms with Gasteiger partial charge in [-0.05, 0) is 19.3 Å². The van der Waals surface area contributed by atoms with Crippen LogP contribution in [0.1, 0.15) is 432 Å². The van der Waals surface area contributed by atoms with E-state index in [0.29, 0.717) is 19.3 Å². The number of hydrogen-bond donors (Lipinski definition) is 0. The number of hydrogen-bond acceptors (Lipinski definition) is 6. The van der Waals surface area contributed by atoms with Gasteiger partial charge >= 0.3 is 17.9 Å². The first-order valence-corrected chi connectivity index (χ1v) is 36.5. The third kappa shape index (κ3) is 67.1. The van der Waals surface area contributed by atoms with Crippen molar-refractivity contribution in [3.05, 3.63) is 0 Å². The molecule has 0 fully saturated rings. The molecule has 0 aliphatic carbocycles. The van der Waals surface area contributed by atoms with E-state index in [1.54, 1.807) is 0 Å². The molecule has 1 atom stereocenters. The van der Waals surface area contributed by atoms with Crippen LogP contribution < -0.4 is 0 Å². The molecule has 1 unspecified atom stereocenters. The van der Waals surface area contributed by atoms with E-state index in [9.17, 15) is 14.4 Å². The Kier molecular flexibility index (Phi) is 67.5. The first kappa shape index (κ1) is 77.4. The molecule has 6 heteroatoms. The highest BCUT2D eigenvalue weighted by Crippen LogP contribution is 2.20. The first-order valence-electron chi connectivity index (χ1n) is 36.5.